The summed E-state index contributed by atoms with van der Waals surface area (Å²) >= 11 is 0. The van der Waals surface area contributed by atoms with E-state index in [0.29, 0.717) is 11.7 Å². The standard InChI is InChI=1S/C19H29N3O2S/c1-15(2)11-22-18-9-5-4-8-17(18)20-19(22)13-21-10-6-7-16(12-21)14-25(3,23)24/h4-5,8-9,15-16H,6-7,10-14H2,1-3H3/t16-/m0/s1. The lowest BCUT2D eigenvalue weighted by Crippen LogP contribution is -2.38. The number of para-hydroxylation sites is 2. The zero-order valence-electron chi connectivity index (χ0n) is 15.5. The molecule has 138 valence electrons. The van der Waals surface area contributed by atoms with E-state index in [2.05, 4.69) is 41.5 Å². The molecule has 1 aliphatic heterocycles. The third-order valence-electron chi connectivity index (χ3n) is 4.79. The Balaban J connectivity index is 1.80. The first kappa shape index (κ1) is 18.4. The minimum atomic E-state index is -2.91. The second kappa shape index (κ2) is 7.46. The highest BCUT2D eigenvalue weighted by molar-refractivity contribution is 7.90. The molecular formula is C19H29N3O2S. The van der Waals surface area contributed by atoms with Crippen LogP contribution in [0.5, 0.6) is 0 Å². The minimum absolute atomic E-state index is 0.242. The predicted molar refractivity (Wildman–Crippen MR) is 102 cm³/mol. The normalized spacial score (nSPS) is 19.8. The molecule has 1 fully saturated rings. The molecule has 5 nitrogen and oxygen atoms in total. The second-order valence-corrected chi connectivity index (χ2v) is 10.0. The number of fused-ring (bicyclic) bond motifs is 1. The van der Waals surface area contributed by atoms with Gasteiger partial charge in [-0.15, -0.1) is 0 Å². The lowest BCUT2D eigenvalue weighted by atomic mass is 10.0. The molecule has 0 bridgehead atoms. The topological polar surface area (TPSA) is 55.2 Å². The summed E-state index contributed by atoms with van der Waals surface area (Å²) in [5, 5.41) is 0. The van der Waals surface area contributed by atoms with Crippen LogP contribution in [-0.2, 0) is 22.9 Å². The molecule has 2 aromatic rings. The van der Waals surface area contributed by atoms with Gasteiger partial charge < -0.3 is 4.57 Å². The number of aromatic nitrogens is 2. The number of hydrogen-bond acceptors (Lipinski definition) is 4. The van der Waals surface area contributed by atoms with Gasteiger partial charge in [0.1, 0.15) is 15.7 Å². The van der Waals surface area contributed by atoms with Crippen molar-refractivity contribution in [3.8, 4) is 0 Å². The number of sulfone groups is 1. The van der Waals surface area contributed by atoms with Crippen LogP contribution in [0.1, 0.15) is 32.5 Å². The van der Waals surface area contributed by atoms with Crippen molar-refractivity contribution in [1.29, 1.82) is 0 Å². The number of benzene rings is 1. The highest BCUT2D eigenvalue weighted by atomic mass is 32.2. The molecule has 0 unspecified atom stereocenters. The van der Waals surface area contributed by atoms with Crippen molar-refractivity contribution < 1.29 is 8.42 Å². The zero-order valence-corrected chi connectivity index (χ0v) is 16.3. The quantitative estimate of drug-likeness (QED) is 0.792. The van der Waals surface area contributed by atoms with Crippen LogP contribution in [0.15, 0.2) is 24.3 Å². The average Bonchev–Trinajstić information content (AvgIpc) is 2.83. The number of hydrogen-bond donors (Lipinski definition) is 0. The monoisotopic (exact) mass is 363 g/mol. The summed E-state index contributed by atoms with van der Waals surface area (Å²) in [5.74, 6) is 2.18. The summed E-state index contributed by atoms with van der Waals surface area (Å²) in [4.78, 5) is 7.23. The van der Waals surface area contributed by atoms with E-state index < -0.39 is 9.84 Å². The van der Waals surface area contributed by atoms with Gasteiger partial charge in [-0.25, -0.2) is 13.4 Å². The smallest absolute Gasteiger partial charge is 0.147 e. The van der Waals surface area contributed by atoms with Crippen LogP contribution in [0, 0.1) is 11.8 Å². The van der Waals surface area contributed by atoms with Gasteiger partial charge >= 0.3 is 0 Å². The SMILES string of the molecule is CC(C)Cn1c(CN2CCC[C@H](CS(C)(=O)=O)C2)nc2ccccc21. The van der Waals surface area contributed by atoms with Crippen molar-refractivity contribution in [2.45, 2.75) is 39.8 Å². The Hall–Kier alpha value is -1.40. The van der Waals surface area contributed by atoms with Crippen molar-refractivity contribution in [1.82, 2.24) is 14.5 Å². The van der Waals surface area contributed by atoms with E-state index in [9.17, 15) is 8.42 Å². The van der Waals surface area contributed by atoms with E-state index in [-0.39, 0.29) is 5.92 Å². The van der Waals surface area contributed by atoms with Gasteiger partial charge in [0.25, 0.3) is 0 Å². The largest absolute Gasteiger partial charge is 0.327 e. The molecule has 3 rings (SSSR count). The van der Waals surface area contributed by atoms with Gasteiger partial charge in [-0.2, -0.15) is 0 Å². The Morgan fingerprint density at radius 1 is 1.28 bits per heavy atom. The Bertz CT molecular complexity index is 826. The van der Waals surface area contributed by atoms with E-state index in [0.717, 1.165) is 50.4 Å². The molecule has 0 amide bonds. The van der Waals surface area contributed by atoms with Crippen LogP contribution in [0.3, 0.4) is 0 Å². The van der Waals surface area contributed by atoms with Crippen molar-refractivity contribution in [3.05, 3.63) is 30.1 Å². The van der Waals surface area contributed by atoms with E-state index in [1.807, 2.05) is 6.07 Å². The zero-order chi connectivity index (χ0) is 18.0. The van der Waals surface area contributed by atoms with Gasteiger partial charge in [0.2, 0.25) is 0 Å². The maximum atomic E-state index is 11.6. The summed E-state index contributed by atoms with van der Waals surface area (Å²) in [5.41, 5.74) is 2.23. The summed E-state index contributed by atoms with van der Waals surface area (Å²) in [6.45, 7) is 8.06. The fourth-order valence-corrected chi connectivity index (χ4v) is 5.00. The summed E-state index contributed by atoms with van der Waals surface area (Å²) in [6, 6.07) is 8.30. The summed E-state index contributed by atoms with van der Waals surface area (Å²) in [6.07, 6.45) is 3.41. The molecule has 1 aliphatic rings. The van der Waals surface area contributed by atoms with E-state index in [1.165, 1.54) is 11.8 Å². The Kier molecular flexibility index (Phi) is 5.49. The van der Waals surface area contributed by atoms with Crippen molar-refractivity contribution >= 4 is 20.9 Å². The predicted octanol–water partition coefficient (Wildman–Crippen LogP) is 2.95. The number of piperidine rings is 1. The highest BCUT2D eigenvalue weighted by Gasteiger charge is 2.24. The average molecular weight is 364 g/mol. The minimum Gasteiger partial charge on any atom is -0.327 e. The molecule has 1 atom stereocenters. The van der Waals surface area contributed by atoms with Gasteiger partial charge in [-0.1, -0.05) is 26.0 Å². The number of nitrogens with zero attached hydrogens (tertiary/aromatic N) is 3. The molecule has 1 aromatic carbocycles. The first-order valence-corrected chi connectivity index (χ1v) is 11.2. The maximum Gasteiger partial charge on any atom is 0.147 e. The first-order valence-electron chi connectivity index (χ1n) is 9.16. The lowest BCUT2D eigenvalue weighted by molar-refractivity contribution is 0.172. The van der Waals surface area contributed by atoms with Crippen molar-refractivity contribution in [2.75, 3.05) is 25.1 Å². The van der Waals surface area contributed by atoms with Crippen molar-refractivity contribution in [2.24, 2.45) is 11.8 Å². The van der Waals surface area contributed by atoms with Gasteiger partial charge in [0.15, 0.2) is 0 Å². The molecule has 2 heterocycles. The van der Waals surface area contributed by atoms with Gasteiger partial charge in [0, 0.05) is 19.3 Å². The Morgan fingerprint density at radius 2 is 2.04 bits per heavy atom. The number of likely N-dealkylation sites (tertiary alicyclic amines) is 1. The molecule has 1 saturated heterocycles. The number of imidazole rings is 1. The molecule has 0 aliphatic carbocycles. The molecule has 1 aromatic heterocycles. The number of rotatable bonds is 6. The van der Waals surface area contributed by atoms with Crippen LogP contribution < -0.4 is 0 Å². The van der Waals surface area contributed by atoms with Crippen LogP contribution in [0.2, 0.25) is 0 Å². The Morgan fingerprint density at radius 3 is 2.76 bits per heavy atom. The van der Waals surface area contributed by atoms with E-state index in [4.69, 9.17) is 4.98 Å². The first-order chi connectivity index (χ1) is 11.8. The molecule has 0 radical (unpaired) electrons. The third-order valence-corrected chi connectivity index (χ3v) is 5.86. The summed E-state index contributed by atoms with van der Waals surface area (Å²) in [7, 11) is -2.91. The Labute approximate surface area is 151 Å². The van der Waals surface area contributed by atoms with E-state index >= 15 is 0 Å². The van der Waals surface area contributed by atoms with Gasteiger partial charge in [0.05, 0.1) is 23.3 Å². The van der Waals surface area contributed by atoms with Crippen LogP contribution in [0.4, 0.5) is 0 Å². The lowest BCUT2D eigenvalue weighted by Gasteiger charge is -2.32. The molecule has 6 heteroatoms. The third kappa shape index (κ3) is 4.82. The fourth-order valence-electron chi connectivity index (χ4n) is 3.87. The highest BCUT2D eigenvalue weighted by Crippen LogP contribution is 2.23. The van der Waals surface area contributed by atoms with Crippen LogP contribution in [-0.4, -0.2) is 48.0 Å². The van der Waals surface area contributed by atoms with Crippen LogP contribution >= 0.6 is 0 Å². The van der Waals surface area contributed by atoms with Gasteiger partial charge in [-0.05, 0) is 43.4 Å². The molecule has 0 spiro atoms. The van der Waals surface area contributed by atoms with E-state index in [1.54, 1.807) is 0 Å². The fraction of sp³-hybridized carbons (Fsp3) is 0.632. The molecule has 0 N–H and O–H groups in total. The van der Waals surface area contributed by atoms with Crippen LogP contribution in [0.25, 0.3) is 11.0 Å². The van der Waals surface area contributed by atoms with Crippen molar-refractivity contribution in [3.63, 3.8) is 0 Å². The molecular weight excluding hydrogens is 334 g/mol. The molecule has 25 heavy (non-hydrogen) atoms. The molecule has 0 saturated carbocycles. The van der Waals surface area contributed by atoms with Gasteiger partial charge in [-0.3, -0.25) is 4.90 Å². The second-order valence-electron chi connectivity index (χ2n) is 7.86. The summed E-state index contributed by atoms with van der Waals surface area (Å²) < 4.78 is 25.6. The maximum absolute atomic E-state index is 11.6.